The van der Waals surface area contributed by atoms with Crippen LogP contribution in [0.2, 0.25) is 0 Å². The Morgan fingerprint density at radius 1 is 1.04 bits per heavy atom. The van der Waals surface area contributed by atoms with Crippen LogP contribution in [0.5, 0.6) is 5.75 Å². The Morgan fingerprint density at radius 3 is 2.48 bits per heavy atom. The van der Waals surface area contributed by atoms with Crippen LogP contribution >= 0.6 is 0 Å². The van der Waals surface area contributed by atoms with Gasteiger partial charge in [0.05, 0.1) is 12.7 Å². The van der Waals surface area contributed by atoms with Crippen LogP contribution < -0.4 is 15.0 Å². The summed E-state index contributed by atoms with van der Waals surface area (Å²) < 4.78 is 5.33. The van der Waals surface area contributed by atoms with Crippen LogP contribution in [0, 0.1) is 0 Å². The van der Waals surface area contributed by atoms with E-state index in [-0.39, 0.29) is 5.91 Å². The molecule has 0 fully saturated rings. The number of anilines is 2. The lowest BCUT2D eigenvalue weighted by Crippen LogP contribution is -2.26. The Hall–Kier alpha value is -3.34. The van der Waals surface area contributed by atoms with Gasteiger partial charge >= 0.3 is 0 Å². The molecule has 1 amide bonds. The van der Waals surface area contributed by atoms with Gasteiger partial charge in [-0.1, -0.05) is 36.4 Å². The zero-order valence-corrected chi connectivity index (χ0v) is 15.6. The van der Waals surface area contributed by atoms with Gasteiger partial charge in [0.25, 0.3) is 5.91 Å². The van der Waals surface area contributed by atoms with E-state index in [4.69, 9.17) is 4.74 Å². The number of carbonyl (C=O) groups is 1. The van der Waals surface area contributed by atoms with Crippen molar-refractivity contribution in [1.29, 1.82) is 0 Å². The Labute approximate surface area is 159 Å². The fourth-order valence-electron chi connectivity index (χ4n) is 2.82. The topological polar surface area (TPSA) is 54.5 Å². The van der Waals surface area contributed by atoms with Gasteiger partial charge < -0.3 is 15.0 Å². The normalized spacial score (nSPS) is 10.3. The SMILES string of the molecule is COc1ccccc1CCNC(=O)c1ccc(N(C)c2ccccc2)nc1. The molecule has 3 aromatic rings. The molecule has 5 nitrogen and oxygen atoms in total. The van der Waals surface area contributed by atoms with E-state index in [1.807, 2.05) is 72.6 Å². The molecule has 5 heteroatoms. The van der Waals surface area contributed by atoms with Crippen molar-refractivity contribution in [2.45, 2.75) is 6.42 Å². The van der Waals surface area contributed by atoms with E-state index in [1.54, 1.807) is 19.4 Å². The van der Waals surface area contributed by atoms with Crippen molar-refractivity contribution in [3.8, 4) is 5.75 Å². The maximum Gasteiger partial charge on any atom is 0.252 e. The van der Waals surface area contributed by atoms with Crippen molar-refractivity contribution in [1.82, 2.24) is 10.3 Å². The molecule has 0 bridgehead atoms. The molecule has 1 heterocycles. The van der Waals surface area contributed by atoms with E-state index in [9.17, 15) is 4.79 Å². The molecule has 0 radical (unpaired) electrons. The second-order valence-corrected chi connectivity index (χ2v) is 6.12. The first-order chi connectivity index (χ1) is 13.2. The molecule has 27 heavy (non-hydrogen) atoms. The van der Waals surface area contributed by atoms with Gasteiger partial charge in [-0.2, -0.15) is 0 Å². The number of aromatic nitrogens is 1. The van der Waals surface area contributed by atoms with Crippen molar-refractivity contribution in [3.05, 3.63) is 84.1 Å². The van der Waals surface area contributed by atoms with Crippen molar-refractivity contribution in [3.63, 3.8) is 0 Å². The number of pyridine rings is 1. The number of carbonyl (C=O) groups excluding carboxylic acids is 1. The highest BCUT2D eigenvalue weighted by atomic mass is 16.5. The molecule has 0 spiro atoms. The van der Waals surface area contributed by atoms with Crippen LogP contribution in [0.25, 0.3) is 0 Å². The average molecular weight is 361 g/mol. The molecular formula is C22H23N3O2. The maximum absolute atomic E-state index is 12.3. The standard InChI is InChI=1S/C22H23N3O2/c1-25(19-9-4-3-5-10-19)21-13-12-18(16-24-21)22(26)23-15-14-17-8-6-7-11-20(17)27-2/h3-13,16H,14-15H2,1-2H3,(H,23,26). The molecule has 0 unspecified atom stereocenters. The van der Waals surface area contributed by atoms with E-state index < -0.39 is 0 Å². The molecule has 3 rings (SSSR count). The molecule has 0 saturated heterocycles. The highest BCUT2D eigenvalue weighted by Crippen LogP contribution is 2.21. The number of para-hydroxylation sites is 2. The molecule has 138 valence electrons. The van der Waals surface area contributed by atoms with Crippen LogP contribution in [0.1, 0.15) is 15.9 Å². The Balaban J connectivity index is 1.57. The predicted molar refractivity (Wildman–Crippen MR) is 108 cm³/mol. The molecule has 0 aliphatic heterocycles. The van der Waals surface area contributed by atoms with E-state index in [0.29, 0.717) is 18.5 Å². The Bertz CT molecular complexity index is 880. The third kappa shape index (κ3) is 4.64. The molecule has 1 N–H and O–H groups in total. The number of hydrogen-bond acceptors (Lipinski definition) is 4. The second kappa shape index (κ2) is 8.85. The summed E-state index contributed by atoms with van der Waals surface area (Å²) in [7, 11) is 3.60. The van der Waals surface area contributed by atoms with Gasteiger partial charge in [-0.05, 0) is 42.3 Å². The van der Waals surface area contributed by atoms with Crippen molar-refractivity contribution < 1.29 is 9.53 Å². The lowest BCUT2D eigenvalue weighted by molar-refractivity contribution is 0.0953. The van der Waals surface area contributed by atoms with E-state index in [1.165, 1.54) is 0 Å². The van der Waals surface area contributed by atoms with Crippen LogP contribution in [0.15, 0.2) is 72.9 Å². The first kappa shape index (κ1) is 18.5. The molecule has 2 aromatic carbocycles. The number of methoxy groups -OCH3 is 1. The van der Waals surface area contributed by atoms with E-state index in [2.05, 4.69) is 10.3 Å². The lowest BCUT2D eigenvalue weighted by Gasteiger charge is -2.18. The summed E-state index contributed by atoms with van der Waals surface area (Å²) in [6, 6.07) is 21.4. The zero-order chi connectivity index (χ0) is 19.1. The van der Waals surface area contributed by atoms with Gasteiger partial charge in [0.15, 0.2) is 0 Å². The fourth-order valence-corrected chi connectivity index (χ4v) is 2.82. The summed E-state index contributed by atoms with van der Waals surface area (Å²) >= 11 is 0. The predicted octanol–water partition coefficient (Wildman–Crippen LogP) is 3.83. The average Bonchev–Trinajstić information content (AvgIpc) is 2.74. The summed E-state index contributed by atoms with van der Waals surface area (Å²) in [6.45, 7) is 0.533. The molecule has 0 saturated carbocycles. The zero-order valence-electron chi connectivity index (χ0n) is 15.6. The Morgan fingerprint density at radius 2 is 1.78 bits per heavy atom. The minimum absolute atomic E-state index is 0.133. The number of hydrogen-bond donors (Lipinski definition) is 1. The van der Waals surface area contributed by atoms with Gasteiger partial charge in [-0.3, -0.25) is 4.79 Å². The first-order valence-corrected chi connectivity index (χ1v) is 8.84. The maximum atomic E-state index is 12.3. The summed E-state index contributed by atoms with van der Waals surface area (Å²) in [5.74, 6) is 1.49. The molecule has 0 aliphatic rings. The quantitative estimate of drug-likeness (QED) is 0.695. The minimum atomic E-state index is -0.133. The van der Waals surface area contributed by atoms with Gasteiger partial charge in [-0.25, -0.2) is 4.98 Å². The van der Waals surface area contributed by atoms with Gasteiger partial charge in [0.2, 0.25) is 0 Å². The highest BCUT2D eigenvalue weighted by Gasteiger charge is 2.09. The number of rotatable bonds is 7. The number of nitrogens with one attached hydrogen (secondary N) is 1. The van der Waals surface area contributed by atoms with E-state index >= 15 is 0 Å². The van der Waals surface area contributed by atoms with E-state index in [0.717, 1.165) is 22.8 Å². The summed E-state index contributed by atoms with van der Waals surface area (Å²) in [6.07, 6.45) is 2.31. The minimum Gasteiger partial charge on any atom is -0.496 e. The smallest absolute Gasteiger partial charge is 0.252 e. The van der Waals surface area contributed by atoms with Crippen molar-refractivity contribution in [2.75, 3.05) is 25.6 Å². The fraction of sp³-hybridized carbons (Fsp3) is 0.182. The number of amides is 1. The summed E-state index contributed by atoms with van der Waals surface area (Å²) in [4.78, 5) is 18.7. The summed E-state index contributed by atoms with van der Waals surface area (Å²) in [5, 5.41) is 2.93. The number of ether oxygens (including phenoxy) is 1. The lowest BCUT2D eigenvalue weighted by atomic mass is 10.1. The van der Waals surface area contributed by atoms with Crippen LogP contribution in [-0.4, -0.2) is 31.6 Å². The highest BCUT2D eigenvalue weighted by molar-refractivity contribution is 5.94. The van der Waals surface area contributed by atoms with Crippen molar-refractivity contribution >= 4 is 17.4 Å². The van der Waals surface area contributed by atoms with Gasteiger partial charge in [0.1, 0.15) is 11.6 Å². The van der Waals surface area contributed by atoms with Crippen molar-refractivity contribution in [2.24, 2.45) is 0 Å². The van der Waals surface area contributed by atoms with Gasteiger partial charge in [0, 0.05) is 25.5 Å². The number of benzene rings is 2. The molecule has 0 atom stereocenters. The number of nitrogens with zero attached hydrogens (tertiary/aromatic N) is 2. The molecule has 1 aromatic heterocycles. The van der Waals surface area contributed by atoms with Crippen LogP contribution in [-0.2, 0) is 6.42 Å². The third-order valence-electron chi connectivity index (χ3n) is 4.37. The van der Waals surface area contributed by atoms with Crippen LogP contribution in [0.4, 0.5) is 11.5 Å². The van der Waals surface area contributed by atoms with Crippen LogP contribution in [0.3, 0.4) is 0 Å². The molecular weight excluding hydrogens is 338 g/mol. The summed E-state index contributed by atoms with van der Waals surface area (Å²) in [5.41, 5.74) is 2.65. The largest absolute Gasteiger partial charge is 0.496 e. The second-order valence-electron chi connectivity index (χ2n) is 6.12. The molecule has 0 aliphatic carbocycles. The monoisotopic (exact) mass is 361 g/mol. The Kier molecular flexibility index (Phi) is 6.05. The first-order valence-electron chi connectivity index (χ1n) is 8.84. The van der Waals surface area contributed by atoms with Gasteiger partial charge in [-0.15, -0.1) is 0 Å². The third-order valence-corrected chi connectivity index (χ3v) is 4.37.